The van der Waals surface area contributed by atoms with E-state index in [1.165, 1.54) is 38.0 Å². The highest BCUT2D eigenvalue weighted by atomic mass is 16.1. The summed E-state index contributed by atoms with van der Waals surface area (Å²) in [5.74, 6) is 4.10. The van der Waals surface area contributed by atoms with Crippen LogP contribution in [0.15, 0.2) is 28.6 Å². The molecule has 1 aliphatic carbocycles. The van der Waals surface area contributed by atoms with Crippen LogP contribution in [0.5, 0.6) is 0 Å². The van der Waals surface area contributed by atoms with E-state index in [9.17, 15) is 4.79 Å². The molecule has 1 amide bonds. The van der Waals surface area contributed by atoms with Gasteiger partial charge in [-0.25, -0.2) is 4.98 Å². The van der Waals surface area contributed by atoms with Crippen LogP contribution in [0.25, 0.3) is 0 Å². The van der Waals surface area contributed by atoms with Crippen LogP contribution in [-0.2, 0) is 11.3 Å². The molecule has 2 fully saturated rings. The summed E-state index contributed by atoms with van der Waals surface area (Å²) >= 11 is 0. The van der Waals surface area contributed by atoms with E-state index in [1.807, 2.05) is 12.3 Å². The van der Waals surface area contributed by atoms with Crippen LogP contribution in [0, 0.1) is 18.3 Å². The first-order chi connectivity index (χ1) is 14.1. The monoisotopic (exact) mass is 394 g/mol. The van der Waals surface area contributed by atoms with E-state index in [0.717, 1.165) is 32.0 Å². The van der Waals surface area contributed by atoms with Crippen molar-refractivity contribution in [2.45, 2.75) is 50.7 Å². The fourth-order valence-corrected chi connectivity index (χ4v) is 3.83. The molecule has 1 N–H and O–H groups in total. The Hall–Kier alpha value is -2.30. The van der Waals surface area contributed by atoms with Crippen molar-refractivity contribution in [3.05, 3.63) is 23.9 Å². The maximum Gasteiger partial charge on any atom is 0.225 e. The molecule has 7 heteroatoms. The maximum absolute atomic E-state index is 12.2. The summed E-state index contributed by atoms with van der Waals surface area (Å²) in [5.41, 5.74) is 0.770. The number of nitrogens with zero attached hydrogens (tertiary/aromatic N) is 5. The molecular formula is C22H30N6O. The number of rotatable bonds is 10. The summed E-state index contributed by atoms with van der Waals surface area (Å²) in [7, 11) is 0. The number of carbonyl (C=O) groups excluding carboxylic acids is 1. The molecule has 2 aliphatic heterocycles. The van der Waals surface area contributed by atoms with Gasteiger partial charge in [-0.15, -0.1) is 12.3 Å². The number of anilines is 1. The van der Waals surface area contributed by atoms with E-state index in [-0.39, 0.29) is 5.91 Å². The van der Waals surface area contributed by atoms with Crippen molar-refractivity contribution in [1.29, 1.82) is 0 Å². The zero-order valence-corrected chi connectivity index (χ0v) is 17.0. The van der Waals surface area contributed by atoms with Gasteiger partial charge in [-0.2, -0.15) is 10.2 Å². The van der Waals surface area contributed by atoms with Crippen molar-refractivity contribution in [2.24, 2.45) is 16.1 Å². The van der Waals surface area contributed by atoms with Gasteiger partial charge in [0.2, 0.25) is 5.91 Å². The lowest BCUT2D eigenvalue weighted by Gasteiger charge is -2.34. The van der Waals surface area contributed by atoms with Gasteiger partial charge in [0, 0.05) is 71.1 Å². The second-order valence-electron chi connectivity index (χ2n) is 8.51. The molecule has 0 radical (unpaired) electrons. The van der Waals surface area contributed by atoms with Gasteiger partial charge in [0.1, 0.15) is 5.82 Å². The Balaban J connectivity index is 1.16. The first-order valence-corrected chi connectivity index (χ1v) is 10.7. The van der Waals surface area contributed by atoms with Crippen LogP contribution in [0.1, 0.15) is 44.1 Å². The molecule has 3 heterocycles. The number of terminal acetylenes is 1. The van der Waals surface area contributed by atoms with Crippen molar-refractivity contribution in [3.63, 3.8) is 0 Å². The Morgan fingerprint density at radius 2 is 1.93 bits per heavy atom. The molecule has 1 saturated heterocycles. The Morgan fingerprint density at radius 1 is 1.17 bits per heavy atom. The van der Waals surface area contributed by atoms with Gasteiger partial charge < -0.3 is 10.2 Å². The average Bonchev–Trinajstić information content (AvgIpc) is 3.65. The summed E-state index contributed by atoms with van der Waals surface area (Å²) in [6.45, 7) is 6.76. The van der Waals surface area contributed by atoms with E-state index in [1.54, 1.807) is 0 Å². The van der Waals surface area contributed by atoms with Crippen LogP contribution in [0.3, 0.4) is 0 Å². The van der Waals surface area contributed by atoms with Crippen LogP contribution < -0.4 is 5.32 Å². The number of amides is 1. The summed E-state index contributed by atoms with van der Waals surface area (Å²) in [6.07, 6.45) is 12.3. The number of carbonyl (C=O) groups is 1. The van der Waals surface area contributed by atoms with Crippen molar-refractivity contribution < 1.29 is 4.79 Å². The first kappa shape index (κ1) is 20.0. The molecule has 0 spiro atoms. The molecule has 29 heavy (non-hydrogen) atoms. The van der Waals surface area contributed by atoms with Gasteiger partial charge in [0.15, 0.2) is 5.66 Å². The van der Waals surface area contributed by atoms with Crippen molar-refractivity contribution in [3.8, 4) is 12.3 Å². The van der Waals surface area contributed by atoms with E-state index >= 15 is 0 Å². The highest BCUT2D eigenvalue weighted by Gasteiger charge is 2.39. The molecule has 7 nitrogen and oxygen atoms in total. The van der Waals surface area contributed by atoms with Gasteiger partial charge in [0.05, 0.1) is 0 Å². The number of aromatic nitrogens is 1. The smallest absolute Gasteiger partial charge is 0.225 e. The van der Waals surface area contributed by atoms with Gasteiger partial charge in [-0.3, -0.25) is 9.69 Å². The number of hydrogen-bond donors (Lipinski definition) is 1. The second kappa shape index (κ2) is 9.02. The first-order valence-electron chi connectivity index (χ1n) is 10.7. The zero-order chi connectivity index (χ0) is 20.1. The number of hydrogen-bond acceptors (Lipinski definition) is 6. The average molecular weight is 395 g/mol. The minimum Gasteiger partial charge on any atom is -0.311 e. The fourth-order valence-electron chi connectivity index (χ4n) is 3.83. The summed E-state index contributed by atoms with van der Waals surface area (Å²) < 4.78 is 0. The topological polar surface area (TPSA) is 73.2 Å². The summed E-state index contributed by atoms with van der Waals surface area (Å²) in [4.78, 5) is 21.7. The molecule has 1 aromatic rings. The van der Waals surface area contributed by atoms with E-state index < -0.39 is 5.66 Å². The Kier molecular flexibility index (Phi) is 6.22. The van der Waals surface area contributed by atoms with Crippen molar-refractivity contribution >= 4 is 11.7 Å². The standard InChI is InChI=1S/C22H30N6O/c1-2-3-9-22(25-26-22)10-8-21(29)24-20-7-6-19(15-23-20)17-28-13-11-27(12-14-28)16-18-4-5-18/h1,6-7,15,18H,3-5,8-14,16-17H2,(H,23,24,29). The predicted octanol–water partition coefficient (Wildman–Crippen LogP) is 2.90. The van der Waals surface area contributed by atoms with Gasteiger partial charge in [-0.05, 0) is 30.4 Å². The number of nitrogens with one attached hydrogen (secondary N) is 1. The highest BCUT2D eigenvalue weighted by molar-refractivity contribution is 5.89. The third-order valence-electron chi connectivity index (χ3n) is 5.98. The summed E-state index contributed by atoms with van der Waals surface area (Å²) in [5, 5.41) is 11.0. The van der Waals surface area contributed by atoms with E-state index in [2.05, 4.69) is 42.3 Å². The lowest BCUT2D eigenvalue weighted by Crippen LogP contribution is -2.46. The minimum atomic E-state index is -0.413. The van der Waals surface area contributed by atoms with Crippen LogP contribution in [0.2, 0.25) is 0 Å². The highest BCUT2D eigenvalue weighted by Crippen LogP contribution is 2.37. The largest absolute Gasteiger partial charge is 0.311 e. The maximum atomic E-state index is 12.2. The normalized spacial score (nSPS) is 20.9. The van der Waals surface area contributed by atoms with E-state index in [4.69, 9.17) is 6.42 Å². The second-order valence-corrected chi connectivity index (χ2v) is 8.51. The zero-order valence-electron chi connectivity index (χ0n) is 17.0. The molecule has 154 valence electrons. The fraction of sp³-hybridized carbons (Fsp3) is 0.636. The Labute approximate surface area is 173 Å². The third kappa shape index (κ3) is 6.09. The quantitative estimate of drug-likeness (QED) is 0.619. The molecule has 1 saturated carbocycles. The third-order valence-corrected chi connectivity index (χ3v) is 5.98. The van der Waals surface area contributed by atoms with Crippen LogP contribution in [0.4, 0.5) is 5.82 Å². The van der Waals surface area contributed by atoms with Crippen molar-refractivity contribution in [1.82, 2.24) is 14.8 Å². The number of piperazine rings is 1. The van der Waals surface area contributed by atoms with Crippen molar-refractivity contribution in [2.75, 3.05) is 38.0 Å². The summed E-state index contributed by atoms with van der Waals surface area (Å²) in [6, 6.07) is 3.94. The van der Waals surface area contributed by atoms with Gasteiger partial charge in [0.25, 0.3) is 0 Å². The molecule has 3 aliphatic rings. The Bertz CT molecular complexity index is 765. The van der Waals surface area contributed by atoms with E-state index in [0.29, 0.717) is 25.1 Å². The SMILES string of the molecule is C#CCCC1(CCC(=O)Nc2ccc(CN3CCN(CC4CC4)CC3)cn2)N=N1. The molecule has 0 atom stereocenters. The Morgan fingerprint density at radius 3 is 2.55 bits per heavy atom. The van der Waals surface area contributed by atoms with Gasteiger partial charge >= 0.3 is 0 Å². The predicted molar refractivity (Wildman–Crippen MR) is 112 cm³/mol. The molecule has 0 bridgehead atoms. The van der Waals surface area contributed by atoms with Crippen LogP contribution in [-0.4, -0.2) is 59.1 Å². The minimum absolute atomic E-state index is 0.0607. The van der Waals surface area contributed by atoms with Crippen LogP contribution >= 0.6 is 0 Å². The molecular weight excluding hydrogens is 364 g/mol. The van der Waals surface area contributed by atoms with Gasteiger partial charge in [-0.1, -0.05) is 6.07 Å². The lowest BCUT2D eigenvalue weighted by atomic mass is 10.0. The molecule has 0 aromatic carbocycles. The molecule has 1 aromatic heterocycles. The molecule has 4 rings (SSSR count). The molecule has 0 unspecified atom stereocenters. The number of pyridine rings is 1. The lowest BCUT2D eigenvalue weighted by molar-refractivity contribution is -0.116.